The maximum absolute atomic E-state index is 6.06. The third kappa shape index (κ3) is 2.65. The molecule has 0 bridgehead atoms. The van der Waals surface area contributed by atoms with Crippen LogP contribution in [-0.2, 0) is 5.88 Å². The number of nitrogens with zero attached hydrogens (tertiary/aromatic N) is 2. The standard InChI is InChI=1S/C16H12BrClN2/c17-14-6-4-5-12(9-14)16-13(10-18)11-20(19-16)15-7-2-1-3-8-15/h1-9,11H,10H2. The Labute approximate surface area is 131 Å². The van der Waals surface area contributed by atoms with Gasteiger partial charge in [-0.2, -0.15) is 5.10 Å². The van der Waals surface area contributed by atoms with Crippen molar-refractivity contribution in [3.63, 3.8) is 0 Å². The van der Waals surface area contributed by atoms with Crippen LogP contribution in [0.1, 0.15) is 5.56 Å². The zero-order valence-corrected chi connectivity index (χ0v) is 13.0. The van der Waals surface area contributed by atoms with Gasteiger partial charge in [0.25, 0.3) is 0 Å². The second-order valence-electron chi connectivity index (χ2n) is 4.43. The molecule has 0 aliphatic rings. The lowest BCUT2D eigenvalue weighted by Gasteiger charge is -2.01. The van der Waals surface area contributed by atoms with E-state index in [4.69, 9.17) is 11.6 Å². The van der Waals surface area contributed by atoms with Crippen molar-refractivity contribution in [3.8, 4) is 16.9 Å². The molecule has 1 heterocycles. The molecule has 0 saturated heterocycles. The fourth-order valence-electron chi connectivity index (χ4n) is 2.10. The molecule has 3 rings (SSSR count). The van der Waals surface area contributed by atoms with Gasteiger partial charge < -0.3 is 0 Å². The summed E-state index contributed by atoms with van der Waals surface area (Å²) >= 11 is 9.55. The van der Waals surface area contributed by atoms with E-state index in [0.29, 0.717) is 5.88 Å². The molecule has 4 heteroatoms. The topological polar surface area (TPSA) is 17.8 Å². The Hall–Kier alpha value is -1.58. The monoisotopic (exact) mass is 346 g/mol. The predicted molar refractivity (Wildman–Crippen MR) is 86.3 cm³/mol. The number of para-hydroxylation sites is 1. The molecule has 0 aliphatic heterocycles. The smallest absolute Gasteiger partial charge is 0.0972 e. The van der Waals surface area contributed by atoms with E-state index < -0.39 is 0 Å². The van der Waals surface area contributed by atoms with Gasteiger partial charge in [-0.15, -0.1) is 11.6 Å². The molecule has 0 atom stereocenters. The molecule has 3 aromatic rings. The third-order valence-electron chi connectivity index (χ3n) is 3.05. The number of aromatic nitrogens is 2. The van der Waals surface area contributed by atoms with Crippen LogP contribution in [0, 0.1) is 0 Å². The van der Waals surface area contributed by atoms with Crippen molar-refractivity contribution in [1.29, 1.82) is 0 Å². The van der Waals surface area contributed by atoms with Crippen LogP contribution >= 0.6 is 27.5 Å². The van der Waals surface area contributed by atoms with Gasteiger partial charge in [-0.3, -0.25) is 0 Å². The summed E-state index contributed by atoms with van der Waals surface area (Å²) < 4.78 is 2.90. The van der Waals surface area contributed by atoms with Crippen molar-refractivity contribution in [2.45, 2.75) is 5.88 Å². The first-order chi connectivity index (χ1) is 9.78. The minimum atomic E-state index is 0.439. The summed E-state index contributed by atoms with van der Waals surface area (Å²) in [6, 6.07) is 18.1. The van der Waals surface area contributed by atoms with Crippen LogP contribution in [0.4, 0.5) is 0 Å². The normalized spacial score (nSPS) is 10.7. The van der Waals surface area contributed by atoms with Gasteiger partial charge in [-0.1, -0.05) is 46.3 Å². The number of rotatable bonds is 3. The van der Waals surface area contributed by atoms with Crippen molar-refractivity contribution >= 4 is 27.5 Å². The minimum absolute atomic E-state index is 0.439. The van der Waals surface area contributed by atoms with E-state index >= 15 is 0 Å². The average Bonchev–Trinajstić information content (AvgIpc) is 2.92. The van der Waals surface area contributed by atoms with Crippen molar-refractivity contribution in [2.75, 3.05) is 0 Å². The summed E-state index contributed by atoms with van der Waals surface area (Å²) in [6.07, 6.45) is 1.98. The van der Waals surface area contributed by atoms with Crippen molar-refractivity contribution in [3.05, 3.63) is 70.8 Å². The number of benzene rings is 2. The van der Waals surface area contributed by atoms with Gasteiger partial charge in [-0.05, 0) is 24.3 Å². The van der Waals surface area contributed by atoms with Gasteiger partial charge in [-0.25, -0.2) is 4.68 Å². The van der Waals surface area contributed by atoms with E-state index in [2.05, 4.69) is 21.0 Å². The first-order valence-electron chi connectivity index (χ1n) is 6.24. The fourth-order valence-corrected chi connectivity index (χ4v) is 2.69. The molecule has 0 radical (unpaired) electrons. The molecule has 0 saturated carbocycles. The second kappa shape index (κ2) is 5.81. The number of hydrogen-bond acceptors (Lipinski definition) is 1. The van der Waals surface area contributed by atoms with E-state index in [-0.39, 0.29) is 0 Å². The van der Waals surface area contributed by atoms with Gasteiger partial charge >= 0.3 is 0 Å². The minimum Gasteiger partial charge on any atom is -0.240 e. The van der Waals surface area contributed by atoms with Gasteiger partial charge in [0.1, 0.15) is 0 Å². The predicted octanol–water partition coefficient (Wildman–Crippen LogP) is 5.04. The van der Waals surface area contributed by atoms with Crippen molar-refractivity contribution in [1.82, 2.24) is 9.78 Å². The maximum Gasteiger partial charge on any atom is 0.0972 e. The Bertz CT molecular complexity index is 722. The SMILES string of the molecule is ClCc1cn(-c2ccccc2)nc1-c1cccc(Br)c1. The zero-order chi connectivity index (χ0) is 13.9. The molecular weight excluding hydrogens is 336 g/mol. The highest BCUT2D eigenvalue weighted by Gasteiger charge is 2.11. The molecule has 100 valence electrons. The highest BCUT2D eigenvalue weighted by Crippen LogP contribution is 2.27. The second-order valence-corrected chi connectivity index (χ2v) is 5.61. The molecular formula is C16H12BrClN2. The summed E-state index contributed by atoms with van der Waals surface area (Å²) in [6.45, 7) is 0. The van der Waals surface area contributed by atoms with Crippen molar-refractivity contribution < 1.29 is 0 Å². The first-order valence-corrected chi connectivity index (χ1v) is 7.56. The maximum atomic E-state index is 6.06. The largest absolute Gasteiger partial charge is 0.240 e. The van der Waals surface area contributed by atoms with E-state index in [1.54, 1.807) is 0 Å². The molecule has 2 aromatic carbocycles. The van der Waals surface area contributed by atoms with Crippen LogP contribution in [0.3, 0.4) is 0 Å². The van der Waals surface area contributed by atoms with Crippen LogP contribution in [0.15, 0.2) is 65.3 Å². The van der Waals surface area contributed by atoms with E-state index in [9.17, 15) is 0 Å². The molecule has 0 unspecified atom stereocenters. The number of hydrogen-bond donors (Lipinski definition) is 0. The zero-order valence-electron chi connectivity index (χ0n) is 10.6. The van der Waals surface area contributed by atoms with Crippen LogP contribution in [0.25, 0.3) is 16.9 Å². The molecule has 0 amide bonds. The Morgan fingerprint density at radius 2 is 1.85 bits per heavy atom. The molecule has 0 N–H and O–H groups in total. The number of alkyl halides is 1. The van der Waals surface area contributed by atoms with Gasteiger partial charge in [0.15, 0.2) is 0 Å². The van der Waals surface area contributed by atoms with Crippen LogP contribution < -0.4 is 0 Å². The fraction of sp³-hybridized carbons (Fsp3) is 0.0625. The highest BCUT2D eigenvalue weighted by molar-refractivity contribution is 9.10. The quantitative estimate of drug-likeness (QED) is 0.607. The van der Waals surface area contributed by atoms with Gasteiger partial charge in [0, 0.05) is 21.8 Å². The Balaban J connectivity index is 2.10. The molecule has 0 aliphatic carbocycles. The van der Waals surface area contributed by atoms with Crippen LogP contribution in [-0.4, -0.2) is 9.78 Å². The van der Waals surface area contributed by atoms with Crippen LogP contribution in [0.5, 0.6) is 0 Å². The molecule has 0 spiro atoms. The Morgan fingerprint density at radius 3 is 2.55 bits per heavy atom. The molecule has 2 nitrogen and oxygen atoms in total. The third-order valence-corrected chi connectivity index (χ3v) is 3.83. The summed E-state index contributed by atoms with van der Waals surface area (Å²) in [5, 5.41) is 4.67. The van der Waals surface area contributed by atoms with E-state index in [0.717, 1.165) is 27.0 Å². The first kappa shape index (κ1) is 13.4. The number of halogens is 2. The molecule has 1 aromatic heterocycles. The van der Waals surface area contributed by atoms with Gasteiger partial charge in [0.05, 0.1) is 17.3 Å². The summed E-state index contributed by atoms with van der Waals surface area (Å²) in [4.78, 5) is 0. The Kier molecular flexibility index (Phi) is 3.90. The Morgan fingerprint density at radius 1 is 1.05 bits per heavy atom. The van der Waals surface area contributed by atoms with Crippen LogP contribution in [0.2, 0.25) is 0 Å². The summed E-state index contributed by atoms with van der Waals surface area (Å²) in [5.41, 5.74) is 4.03. The lowest BCUT2D eigenvalue weighted by molar-refractivity contribution is 0.884. The molecule has 20 heavy (non-hydrogen) atoms. The van der Waals surface area contributed by atoms with Gasteiger partial charge in [0.2, 0.25) is 0 Å². The lowest BCUT2D eigenvalue weighted by Crippen LogP contribution is -1.93. The van der Waals surface area contributed by atoms with E-state index in [1.165, 1.54) is 0 Å². The highest BCUT2D eigenvalue weighted by atomic mass is 79.9. The van der Waals surface area contributed by atoms with E-state index in [1.807, 2.05) is 65.5 Å². The molecule has 0 fully saturated rings. The lowest BCUT2D eigenvalue weighted by atomic mass is 10.1. The summed E-state index contributed by atoms with van der Waals surface area (Å²) in [7, 11) is 0. The van der Waals surface area contributed by atoms with Crippen molar-refractivity contribution in [2.24, 2.45) is 0 Å². The summed E-state index contributed by atoms with van der Waals surface area (Å²) in [5.74, 6) is 0.439. The average molecular weight is 348 g/mol.